The molecule has 1 amide bonds. The largest absolute Gasteiger partial charge is 0.342 e. The highest BCUT2D eigenvalue weighted by atomic mass is 16.2. The Hall–Kier alpha value is -3.29. The second-order valence-electron chi connectivity index (χ2n) is 7.30. The van der Waals surface area contributed by atoms with Crippen LogP contribution in [0.3, 0.4) is 0 Å². The molecule has 1 aromatic carbocycles. The number of hydrogen-bond donors (Lipinski definition) is 1. The Morgan fingerprint density at radius 3 is 2.66 bits per heavy atom. The molecule has 0 spiro atoms. The monoisotopic (exact) mass is 392 g/mol. The fourth-order valence-corrected chi connectivity index (χ4v) is 3.82. The van der Waals surface area contributed by atoms with E-state index >= 15 is 0 Å². The molecule has 29 heavy (non-hydrogen) atoms. The fraction of sp³-hybridized carbons (Fsp3) is 0.381. The van der Waals surface area contributed by atoms with Crippen molar-refractivity contribution in [1.82, 2.24) is 29.9 Å². The molecule has 0 radical (unpaired) electrons. The Bertz CT molecular complexity index is 1050. The number of Topliss-reactive ketones (excluding diaryl/α,β-unsaturated/α-hetero) is 1. The lowest BCUT2D eigenvalue weighted by Gasteiger charge is -2.08. The van der Waals surface area contributed by atoms with E-state index in [1.165, 1.54) is 0 Å². The molecule has 0 saturated heterocycles. The Labute approximate surface area is 168 Å². The lowest BCUT2D eigenvalue weighted by atomic mass is 10.1. The second kappa shape index (κ2) is 7.98. The summed E-state index contributed by atoms with van der Waals surface area (Å²) >= 11 is 0. The lowest BCUT2D eigenvalue weighted by molar-refractivity contribution is -0.117. The number of ketones is 1. The number of amides is 1. The van der Waals surface area contributed by atoms with E-state index in [0.717, 1.165) is 43.7 Å². The third-order valence-corrected chi connectivity index (χ3v) is 5.32. The van der Waals surface area contributed by atoms with Gasteiger partial charge in [0.1, 0.15) is 5.82 Å². The van der Waals surface area contributed by atoms with Gasteiger partial charge in [-0.15, -0.1) is 10.2 Å². The van der Waals surface area contributed by atoms with Gasteiger partial charge in [0.15, 0.2) is 5.82 Å². The predicted octanol–water partition coefficient (Wildman–Crippen LogP) is 2.31. The van der Waals surface area contributed by atoms with Gasteiger partial charge < -0.3 is 9.88 Å². The first-order chi connectivity index (χ1) is 14.1. The van der Waals surface area contributed by atoms with E-state index in [2.05, 4.69) is 25.2 Å². The van der Waals surface area contributed by atoms with E-state index < -0.39 is 11.7 Å². The quantitative estimate of drug-likeness (QED) is 0.531. The predicted molar refractivity (Wildman–Crippen MR) is 107 cm³/mol. The maximum absolute atomic E-state index is 12.8. The molecule has 0 atom stereocenters. The van der Waals surface area contributed by atoms with Crippen LogP contribution in [0.25, 0.3) is 5.69 Å². The summed E-state index contributed by atoms with van der Waals surface area (Å²) in [5.74, 6) is 0.401. The van der Waals surface area contributed by atoms with Crippen LogP contribution >= 0.6 is 0 Å². The third kappa shape index (κ3) is 3.70. The molecule has 1 N–H and O–H groups in total. The Kier molecular flexibility index (Phi) is 5.24. The molecule has 1 aliphatic heterocycles. The van der Waals surface area contributed by atoms with Gasteiger partial charge in [-0.25, -0.2) is 4.68 Å². The molecule has 1 aliphatic rings. The second-order valence-corrected chi connectivity index (χ2v) is 7.30. The van der Waals surface area contributed by atoms with Crippen LogP contribution in [0.5, 0.6) is 0 Å². The number of fused-ring (bicyclic) bond motifs is 1. The molecule has 0 unspecified atom stereocenters. The molecular weight excluding hydrogens is 368 g/mol. The van der Waals surface area contributed by atoms with Gasteiger partial charge in [0.25, 0.3) is 11.7 Å². The van der Waals surface area contributed by atoms with Crippen molar-refractivity contribution in [1.29, 1.82) is 0 Å². The lowest BCUT2D eigenvalue weighted by Crippen LogP contribution is -2.32. The van der Waals surface area contributed by atoms with Gasteiger partial charge in [0, 0.05) is 13.0 Å². The van der Waals surface area contributed by atoms with Crippen molar-refractivity contribution in [2.24, 2.45) is 0 Å². The first-order valence-corrected chi connectivity index (χ1v) is 9.91. The molecule has 0 bridgehead atoms. The van der Waals surface area contributed by atoms with E-state index in [0.29, 0.717) is 22.8 Å². The minimum absolute atomic E-state index is 0.183. The van der Waals surface area contributed by atoms with Crippen LogP contribution in [-0.4, -0.2) is 36.2 Å². The number of carbonyl (C=O) groups is 2. The number of rotatable bonds is 5. The van der Waals surface area contributed by atoms with E-state index in [1.54, 1.807) is 18.5 Å². The Balaban J connectivity index is 1.50. The molecule has 3 aromatic rings. The smallest absolute Gasteiger partial charge is 0.292 e. The van der Waals surface area contributed by atoms with Gasteiger partial charge >= 0.3 is 0 Å². The zero-order valence-corrected chi connectivity index (χ0v) is 16.7. The van der Waals surface area contributed by atoms with Gasteiger partial charge in [-0.05, 0) is 38.8 Å². The van der Waals surface area contributed by atoms with Gasteiger partial charge in [-0.2, -0.15) is 5.10 Å². The van der Waals surface area contributed by atoms with Gasteiger partial charge in [0.2, 0.25) is 0 Å². The maximum atomic E-state index is 12.8. The molecule has 8 nitrogen and oxygen atoms in total. The summed E-state index contributed by atoms with van der Waals surface area (Å²) in [7, 11) is 0. The third-order valence-electron chi connectivity index (χ3n) is 5.32. The Morgan fingerprint density at radius 1 is 1.07 bits per heavy atom. The maximum Gasteiger partial charge on any atom is 0.292 e. The minimum atomic E-state index is -0.658. The summed E-state index contributed by atoms with van der Waals surface area (Å²) in [6.45, 7) is 4.57. The zero-order valence-electron chi connectivity index (χ0n) is 16.7. The summed E-state index contributed by atoms with van der Waals surface area (Å²) in [4.78, 5) is 25.4. The summed E-state index contributed by atoms with van der Waals surface area (Å²) in [5.41, 5.74) is 2.36. The van der Waals surface area contributed by atoms with Crippen molar-refractivity contribution in [2.45, 2.75) is 52.6 Å². The van der Waals surface area contributed by atoms with Crippen LogP contribution in [0.15, 0.2) is 30.3 Å². The number of hydrogen-bond acceptors (Lipinski definition) is 5. The van der Waals surface area contributed by atoms with Crippen LogP contribution in [0, 0.1) is 13.8 Å². The molecule has 2 aromatic heterocycles. The standard InChI is InChI=1S/C21H24N6O2/c1-14-19(15(2)27(25-14)16-9-5-3-6-10-16)20(28)21(29)22-13-18-24-23-17-11-7-4-8-12-26(17)18/h3,5-6,9-10H,4,7-8,11-13H2,1-2H3,(H,22,29). The average molecular weight is 392 g/mol. The summed E-state index contributed by atoms with van der Waals surface area (Å²) in [6.07, 6.45) is 4.24. The minimum Gasteiger partial charge on any atom is -0.342 e. The van der Waals surface area contributed by atoms with Crippen molar-refractivity contribution >= 4 is 11.7 Å². The molecule has 3 heterocycles. The van der Waals surface area contributed by atoms with Crippen LogP contribution < -0.4 is 5.32 Å². The summed E-state index contributed by atoms with van der Waals surface area (Å²) < 4.78 is 3.75. The van der Waals surface area contributed by atoms with Crippen LogP contribution in [0.4, 0.5) is 0 Å². The van der Waals surface area contributed by atoms with Gasteiger partial charge in [-0.1, -0.05) is 24.6 Å². The van der Waals surface area contributed by atoms with Gasteiger partial charge in [0.05, 0.1) is 29.2 Å². The topological polar surface area (TPSA) is 94.7 Å². The molecule has 8 heteroatoms. The summed E-state index contributed by atoms with van der Waals surface area (Å²) in [6, 6.07) is 9.54. The van der Waals surface area contributed by atoms with E-state index in [1.807, 2.05) is 30.3 Å². The molecule has 0 fully saturated rings. The number of benzene rings is 1. The van der Waals surface area contributed by atoms with Crippen molar-refractivity contribution in [3.8, 4) is 5.69 Å². The van der Waals surface area contributed by atoms with Crippen molar-refractivity contribution in [2.75, 3.05) is 0 Å². The Morgan fingerprint density at radius 2 is 1.86 bits per heavy atom. The SMILES string of the molecule is Cc1nn(-c2ccccc2)c(C)c1C(=O)C(=O)NCc1nnc2n1CCCCC2. The normalized spacial score (nSPS) is 13.6. The average Bonchev–Trinajstić information content (AvgIpc) is 3.15. The highest BCUT2D eigenvalue weighted by Crippen LogP contribution is 2.19. The first kappa shape index (κ1) is 19.0. The fourth-order valence-electron chi connectivity index (χ4n) is 3.82. The summed E-state index contributed by atoms with van der Waals surface area (Å²) in [5, 5.41) is 15.6. The molecule has 0 aliphatic carbocycles. The zero-order chi connectivity index (χ0) is 20.4. The molecular formula is C21H24N6O2. The highest BCUT2D eigenvalue weighted by Gasteiger charge is 2.25. The van der Waals surface area contributed by atoms with Crippen LogP contribution in [0.1, 0.15) is 52.7 Å². The number of aryl methyl sites for hydroxylation is 2. The number of nitrogens with one attached hydrogen (secondary N) is 1. The van der Waals surface area contributed by atoms with Crippen LogP contribution in [0.2, 0.25) is 0 Å². The molecule has 4 rings (SSSR count). The number of nitrogens with zero attached hydrogens (tertiary/aromatic N) is 5. The van der Waals surface area contributed by atoms with Crippen LogP contribution in [-0.2, 0) is 24.3 Å². The number of para-hydroxylation sites is 1. The van der Waals surface area contributed by atoms with Crippen molar-refractivity contribution < 1.29 is 9.59 Å². The molecule has 0 saturated carbocycles. The first-order valence-electron chi connectivity index (χ1n) is 9.91. The highest BCUT2D eigenvalue weighted by molar-refractivity contribution is 6.43. The van der Waals surface area contributed by atoms with E-state index in [9.17, 15) is 9.59 Å². The van der Waals surface area contributed by atoms with E-state index in [4.69, 9.17) is 0 Å². The number of carbonyl (C=O) groups excluding carboxylic acids is 2. The van der Waals surface area contributed by atoms with E-state index in [-0.39, 0.29) is 6.54 Å². The van der Waals surface area contributed by atoms with Gasteiger partial charge in [-0.3, -0.25) is 9.59 Å². The number of aromatic nitrogens is 5. The molecule has 150 valence electrons. The van der Waals surface area contributed by atoms with Crippen molar-refractivity contribution in [3.63, 3.8) is 0 Å². The van der Waals surface area contributed by atoms with Crippen molar-refractivity contribution in [3.05, 3.63) is 58.9 Å².